The molecule has 0 aromatic rings. The summed E-state index contributed by atoms with van der Waals surface area (Å²) < 4.78 is 0. The average Bonchev–Trinajstić information content (AvgIpc) is 2.26. The number of likely N-dealkylation sites (tertiary alicyclic amines) is 1. The van der Waals surface area contributed by atoms with Crippen molar-refractivity contribution in [2.45, 2.75) is 32.2 Å². The first-order valence-corrected chi connectivity index (χ1v) is 6.48. The summed E-state index contributed by atoms with van der Waals surface area (Å²) >= 11 is 0. The molecule has 18 heavy (non-hydrogen) atoms. The number of piperidine rings is 1. The highest BCUT2D eigenvalue weighted by Crippen LogP contribution is 2.10. The van der Waals surface area contributed by atoms with E-state index < -0.39 is 0 Å². The van der Waals surface area contributed by atoms with E-state index in [9.17, 15) is 9.59 Å². The van der Waals surface area contributed by atoms with Gasteiger partial charge in [0.05, 0.1) is 5.92 Å². The molecule has 1 unspecified atom stereocenters. The molecule has 0 bridgehead atoms. The molecule has 0 saturated carbocycles. The Morgan fingerprint density at radius 2 is 1.83 bits per heavy atom. The van der Waals surface area contributed by atoms with Gasteiger partial charge in [0, 0.05) is 26.2 Å². The number of nitrogens with zero attached hydrogens (tertiary/aromatic N) is 1. The first-order chi connectivity index (χ1) is 8.18. The Morgan fingerprint density at radius 1 is 1.22 bits per heavy atom. The zero-order valence-corrected chi connectivity index (χ0v) is 11.6. The smallest absolute Gasteiger partial charge is 0.244 e. The summed E-state index contributed by atoms with van der Waals surface area (Å²) in [5.41, 5.74) is 0. The summed E-state index contributed by atoms with van der Waals surface area (Å²) in [4.78, 5) is 25.6. The first kappa shape index (κ1) is 15.2. The molecule has 2 amide bonds. The lowest BCUT2D eigenvalue weighted by atomic mass is 10.0. The summed E-state index contributed by atoms with van der Waals surface area (Å²) in [5.74, 6) is 0.110. The molecule has 0 aromatic heterocycles. The van der Waals surface area contributed by atoms with E-state index in [1.165, 1.54) is 6.42 Å². The third-order valence-corrected chi connectivity index (χ3v) is 3.55. The maximum absolute atomic E-state index is 12.1. The largest absolute Gasteiger partial charge is 0.344 e. The van der Waals surface area contributed by atoms with E-state index in [2.05, 4.69) is 10.6 Å². The van der Waals surface area contributed by atoms with Crippen LogP contribution in [0.15, 0.2) is 0 Å². The van der Waals surface area contributed by atoms with Gasteiger partial charge in [-0.05, 0) is 26.2 Å². The Labute approximate surface area is 114 Å². The third-order valence-electron chi connectivity index (χ3n) is 3.55. The van der Waals surface area contributed by atoms with E-state index in [1.807, 2.05) is 4.90 Å². The van der Waals surface area contributed by atoms with Gasteiger partial charge in [-0.2, -0.15) is 0 Å². The zero-order valence-electron chi connectivity index (χ0n) is 10.8. The molecule has 2 rings (SSSR count). The molecule has 0 radical (unpaired) electrons. The molecule has 2 N–H and O–H groups in total. The van der Waals surface area contributed by atoms with Crippen LogP contribution in [-0.2, 0) is 9.59 Å². The van der Waals surface area contributed by atoms with E-state index in [-0.39, 0.29) is 36.2 Å². The number of rotatable bonds is 3. The van der Waals surface area contributed by atoms with Gasteiger partial charge in [0.1, 0.15) is 6.04 Å². The SMILES string of the molecule is CC(NC(=O)C1CNC1)C(=O)N1CCCCC1.Cl. The Bertz CT molecular complexity index is 302. The lowest BCUT2D eigenvalue weighted by Gasteiger charge is -2.31. The minimum absolute atomic E-state index is 0. The number of amides is 2. The molecule has 6 heteroatoms. The third kappa shape index (κ3) is 3.59. The van der Waals surface area contributed by atoms with E-state index in [0.717, 1.165) is 39.0 Å². The summed E-state index contributed by atoms with van der Waals surface area (Å²) in [6.07, 6.45) is 3.37. The summed E-state index contributed by atoms with van der Waals surface area (Å²) in [6.45, 7) is 4.92. The van der Waals surface area contributed by atoms with Crippen molar-refractivity contribution in [3.8, 4) is 0 Å². The fourth-order valence-corrected chi connectivity index (χ4v) is 2.26. The second kappa shape index (κ2) is 6.95. The highest BCUT2D eigenvalue weighted by Gasteiger charge is 2.29. The van der Waals surface area contributed by atoms with Crippen LogP contribution in [0.25, 0.3) is 0 Å². The van der Waals surface area contributed by atoms with Crippen LogP contribution in [0.3, 0.4) is 0 Å². The van der Waals surface area contributed by atoms with Crippen molar-refractivity contribution in [3.05, 3.63) is 0 Å². The predicted molar refractivity (Wildman–Crippen MR) is 71.6 cm³/mol. The van der Waals surface area contributed by atoms with Crippen molar-refractivity contribution >= 4 is 24.2 Å². The topological polar surface area (TPSA) is 61.4 Å². The lowest BCUT2D eigenvalue weighted by molar-refractivity contribution is -0.138. The predicted octanol–water partition coefficient (Wildman–Crippen LogP) is 0.145. The van der Waals surface area contributed by atoms with E-state index in [0.29, 0.717) is 0 Å². The molecule has 2 aliphatic heterocycles. The second-order valence-corrected chi connectivity index (χ2v) is 4.97. The van der Waals surface area contributed by atoms with Crippen LogP contribution in [0.4, 0.5) is 0 Å². The molecule has 2 fully saturated rings. The van der Waals surface area contributed by atoms with Gasteiger partial charge in [-0.3, -0.25) is 9.59 Å². The van der Waals surface area contributed by atoms with Crippen LogP contribution in [0.5, 0.6) is 0 Å². The van der Waals surface area contributed by atoms with Gasteiger partial charge in [0.25, 0.3) is 0 Å². The van der Waals surface area contributed by atoms with Crippen molar-refractivity contribution in [1.29, 1.82) is 0 Å². The minimum Gasteiger partial charge on any atom is -0.344 e. The van der Waals surface area contributed by atoms with Crippen molar-refractivity contribution < 1.29 is 9.59 Å². The zero-order chi connectivity index (χ0) is 12.3. The fraction of sp³-hybridized carbons (Fsp3) is 0.833. The maximum atomic E-state index is 12.1. The molecular formula is C12H22ClN3O2. The quantitative estimate of drug-likeness (QED) is 0.771. The van der Waals surface area contributed by atoms with Crippen LogP contribution in [0, 0.1) is 5.92 Å². The Hall–Kier alpha value is -0.810. The molecule has 0 aliphatic carbocycles. The average molecular weight is 276 g/mol. The van der Waals surface area contributed by atoms with Gasteiger partial charge >= 0.3 is 0 Å². The van der Waals surface area contributed by atoms with Gasteiger partial charge in [-0.1, -0.05) is 0 Å². The Kier molecular flexibility index (Phi) is 5.88. The van der Waals surface area contributed by atoms with E-state index in [4.69, 9.17) is 0 Å². The van der Waals surface area contributed by atoms with E-state index in [1.54, 1.807) is 6.92 Å². The summed E-state index contributed by atoms with van der Waals surface area (Å²) in [7, 11) is 0. The van der Waals surface area contributed by atoms with Gasteiger partial charge in [0.15, 0.2) is 0 Å². The number of nitrogens with one attached hydrogen (secondary N) is 2. The number of carbonyl (C=O) groups is 2. The number of halogens is 1. The first-order valence-electron chi connectivity index (χ1n) is 6.48. The van der Waals surface area contributed by atoms with Gasteiger partial charge < -0.3 is 15.5 Å². The van der Waals surface area contributed by atoms with Gasteiger partial charge in [0.2, 0.25) is 11.8 Å². The molecule has 2 heterocycles. The number of hydrogen-bond donors (Lipinski definition) is 2. The highest BCUT2D eigenvalue weighted by atomic mass is 35.5. The standard InChI is InChI=1S/C12H21N3O2.ClH/c1-9(14-11(16)10-7-13-8-10)12(17)15-5-3-2-4-6-15;/h9-10,13H,2-8H2,1H3,(H,14,16);1H. The fourth-order valence-electron chi connectivity index (χ4n) is 2.26. The van der Waals surface area contributed by atoms with Crippen LogP contribution in [-0.4, -0.2) is 48.9 Å². The molecule has 0 spiro atoms. The van der Waals surface area contributed by atoms with Crippen LogP contribution in [0.2, 0.25) is 0 Å². The Balaban J connectivity index is 0.00000162. The molecule has 1 atom stereocenters. The summed E-state index contributed by atoms with van der Waals surface area (Å²) in [5, 5.41) is 5.86. The van der Waals surface area contributed by atoms with Crippen molar-refractivity contribution in [3.63, 3.8) is 0 Å². The normalized spacial score (nSPS) is 21.5. The molecule has 2 aliphatic rings. The van der Waals surface area contributed by atoms with Crippen LogP contribution >= 0.6 is 12.4 Å². The lowest BCUT2D eigenvalue weighted by Crippen LogP contribution is -2.55. The maximum Gasteiger partial charge on any atom is 0.244 e. The molecule has 104 valence electrons. The Morgan fingerprint density at radius 3 is 2.33 bits per heavy atom. The molecular weight excluding hydrogens is 254 g/mol. The van der Waals surface area contributed by atoms with Crippen LogP contribution in [0.1, 0.15) is 26.2 Å². The monoisotopic (exact) mass is 275 g/mol. The van der Waals surface area contributed by atoms with Crippen molar-refractivity contribution in [2.24, 2.45) is 5.92 Å². The van der Waals surface area contributed by atoms with Crippen LogP contribution < -0.4 is 10.6 Å². The van der Waals surface area contributed by atoms with E-state index >= 15 is 0 Å². The number of carbonyl (C=O) groups excluding carboxylic acids is 2. The molecule has 0 aromatic carbocycles. The van der Waals surface area contributed by atoms with Gasteiger partial charge in [-0.25, -0.2) is 0 Å². The minimum atomic E-state index is -0.388. The summed E-state index contributed by atoms with van der Waals surface area (Å²) in [6, 6.07) is -0.388. The molecule has 2 saturated heterocycles. The van der Waals surface area contributed by atoms with Crippen molar-refractivity contribution in [2.75, 3.05) is 26.2 Å². The second-order valence-electron chi connectivity index (χ2n) is 4.97. The molecule has 5 nitrogen and oxygen atoms in total. The van der Waals surface area contributed by atoms with Gasteiger partial charge in [-0.15, -0.1) is 12.4 Å². The highest BCUT2D eigenvalue weighted by molar-refractivity contribution is 5.88. The van der Waals surface area contributed by atoms with Crippen molar-refractivity contribution in [1.82, 2.24) is 15.5 Å². The number of hydrogen-bond acceptors (Lipinski definition) is 3.